The molecule has 0 saturated carbocycles. The quantitative estimate of drug-likeness (QED) is 0.648. The van der Waals surface area contributed by atoms with Crippen molar-refractivity contribution in [3.63, 3.8) is 0 Å². The van der Waals surface area contributed by atoms with E-state index in [0.29, 0.717) is 36.6 Å². The van der Waals surface area contributed by atoms with E-state index in [2.05, 4.69) is 0 Å². The molecule has 0 aliphatic carbocycles. The minimum Gasteiger partial charge on any atom is -0.490 e. The summed E-state index contributed by atoms with van der Waals surface area (Å²) in [6.45, 7) is 1.10. The summed E-state index contributed by atoms with van der Waals surface area (Å²) in [7, 11) is 0. The predicted molar refractivity (Wildman–Crippen MR) is 63.7 cm³/mol. The molecule has 0 saturated heterocycles. The number of hydrogen-bond acceptors (Lipinski definition) is 4. The van der Waals surface area contributed by atoms with Crippen molar-refractivity contribution in [3.05, 3.63) is 29.8 Å². The summed E-state index contributed by atoms with van der Waals surface area (Å²) >= 11 is 0. The Kier molecular flexibility index (Phi) is 3.62. The summed E-state index contributed by atoms with van der Waals surface area (Å²) in [6.07, 6.45) is 2.24. The number of hydrogen-bond donors (Lipinski definition) is 1. The van der Waals surface area contributed by atoms with Crippen LogP contribution in [0.25, 0.3) is 5.57 Å². The molecule has 0 bridgehead atoms. The van der Waals surface area contributed by atoms with E-state index in [-0.39, 0.29) is 5.57 Å². The minimum absolute atomic E-state index is 0.0688. The molecule has 1 aromatic carbocycles. The summed E-state index contributed by atoms with van der Waals surface area (Å²) in [5.41, 5.74) is 0.347. The number of carboxylic acids is 1. The standard InChI is InChI=1S/C13H12O5/c14-5-4-10(13(15)16)9-2-3-11-12(8-9)18-7-1-6-17-11/h2-5,8H,1,6-7H2,(H,15,16). The average molecular weight is 248 g/mol. The van der Waals surface area contributed by atoms with Gasteiger partial charge in [-0.15, -0.1) is 0 Å². The summed E-state index contributed by atoms with van der Waals surface area (Å²) in [5.74, 6) is -0.0632. The van der Waals surface area contributed by atoms with Gasteiger partial charge in [0.1, 0.15) is 6.29 Å². The highest BCUT2D eigenvalue weighted by Crippen LogP contribution is 2.32. The van der Waals surface area contributed by atoms with Crippen LogP contribution in [0.2, 0.25) is 0 Å². The van der Waals surface area contributed by atoms with Crippen LogP contribution in [-0.2, 0) is 9.59 Å². The second-order valence-electron chi connectivity index (χ2n) is 3.73. The van der Waals surface area contributed by atoms with Crippen molar-refractivity contribution in [2.75, 3.05) is 13.2 Å². The molecule has 0 fully saturated rings. The van der Waals surface area contributed by atoms with Crippen LogP contribution in [0.5, 0.6) is 11.5 Å². The molecule has 0 spiro atoms. The number of fused-ring (bicyclic) bond motifs is 1. The van der Waals surface area contributed by atoms with Gasteiger partial charge < -0.3 is 14.6 Å². The highest BCUT2D eigenvalue weighted by atomic mass is 16.5. The van der Waals surface area contributed by atoms with Gasteiger partial charge in [0.25, 0.3) is 0 Å². The third-order valence-electron chi connectivity index (χ3n) is 2.52. The third kappa shape index (κ3) is 2.51. The second-order valence-corrected chi connectivity index (χ2v) is 3.73. The predicted octanol–water partition coefficient (Wildman–Crippen LogP) is 1.51. The molecule has 1 aliphatic rings. The number of aliphatic carboxylic acids is 1. The number of aldehydes is 1. The fourth-order valence-electron chi connectivity index (χ4n) is 1.69. The van der Waals surface area contributed by atoms with E-state index in [0.717, 1.165) is 12.5 Å². The normalized spacial score (nSPS) is 14.8. The molecule has 0 atom stereocenters. The van der Waals surface area contributed by atoms with E-state index in [9.17, 15) is 9.59 Å². The summed E-state index contributed by atoms with van der Waals surface area (Å²) in [4.78, 5) is 21.5. The van der Waals surface area contributed by atoms with Crippen LogP contribution in [0.3, 0.4) is 0 Å². The van der Waals surface area contributed by atoms with Crippen LogP contribution in [0.1, 0.15) is 12.0 Å². The van der Waals surface area contributed by atoms with Crippen LogP contribution in [0, 0.1) is 0 Å². The van der Waals surface area contributed by atoms with Crippen molar-refractivity contribution in [1.82, 2.24) is 0 Å². The van der Waals surface area contributed by atoms with Crippen molar-refractivity contribution >= 4 is 17.8 Å². The summed E-state index contributed by atoms with van der Waals surface area (Å²) in [6, 6.07) is 4.82. The van der Waals surface area contributed by atoms with Gasteiger partial charge >= 0.3 is 5.97 Å². The molecule has 18 heavy (non-hydrogen) atoms. The van der Waals surface area contributed by atoms with Gasteiger partial charge in [-0.2, -0.15) is 0 Å². The van der Waals surface area contributed by atoms with Crippen LogP contribution in [-0.4, -0.2) is 30.6 Å². The van der Waals surface area contributed by atoms with Crippen LogP contribution in [0.15, 0.2) is 24.3 Å². The number of benzene rings is 1. The van der Waals surface area contributed by atoms with Crippen molar-refractivity contribution in [2.45, 2.75) is 6.42 Å². The zero-order valence-electron chi connectivity index (χ0n) is 9.59. The smallest absolute Gasteiger partial charge is 0.336 e. The van der Waals surface area contributed by atoms with E-state index in [4.69, 9.17) is 14.6 Å². The Bertz CT molecular complexity index is 504. The zero-order chi connectivity index (χ0) is 13.0. The van der Waals surface area contributed by atoms with Crippen molar-refractivity contribution in [3.8, 4) is 11.5 Å². The van der Waals surface area contributed by atoms with Gasteiger partial charge in [0.15, 0.2) is 11.5 Å². The minimum atomic E-state index is -1.16. The van der Waals surface area contributed by atoms with Crippen LogP contribution in [0.4, 0.5) is 0 Å². The lowest BCUT2D eigenvalue weighted by molar-refractivity contribution is -0.130. The maximum atomic E-state index is 11.0. The summed E-state index contributed by atoms with van der Waals surface area (Å²) < 4.78 is 10.9. The maximum absolute atomic E-state index is 11.0. The van der Waals surface area contributed by atoms with Gasteiger partial charge in [0, 0.05) is 6.42 Å². The fraction of sp³-hybridized carbons (Fsp3) is 0.231. The van der Waals surface area contributed by atoms with E-state index in [1.807, 2.05) is 0 Å². The van der Waals surface area contributed by atoms with E-state index in [1.54, 1.807) is 18.2 Å². The van der Waals surface area contributed by atoms with E-state index < -0.39 is 5.97 Å². The third-order valence-corrected chi connectivity index (χ3v) is 2.52. The number of ether oxygens (including phenoxy) is 2. The van der Waals surface area contributed by atoms with Crippen molar-refractivity contribution < 1.29 is 24.2 Å². The topological polar surface area (TPSA) is 72.8 Å². The van der Waals surface area contributed by atoms with Crippen molar-refractivity contribution in [1.29, 1.82) is 0 Å². The highest BCUT2D eigenvalue weighted by molar-refractivity contribution is 6.18. The zero-order valence-corrected chi connectivity index (χ0v) is 9.59. The molecule has 1 N–H and O–H groups in total. The number of carbonyl (C=O) groups excluding carboxylic acids is 1. The molecular formula is C13H12O5. The van der Waals surface area contributed by atoms with E-state index in [1.165, 1.54) is 0 Å². The molecule has 0 radical (unpaired) electrons. The van der Waals surface area contributed by atoms with Crippen LogP contribution < -0.4 is 9.47 Å². The Morgan fingerprint density at radius 1 is 1.22 bits per heavy atom. The first-order chi connectivity index (χ1) is 8.72. The van der Waals surface area contributed by atoms with Gasteiger partial charge in [0.2, 0.25) is 0 Å². The average Bonchev–Trinajstić information content (AvgIpc) is 2.59. The lowest BCUT2D eigenvalue weighted by Gasteiger charge is -2.09. The van der Waals surface area contributed by atoms with Crippen LogP contribution >= 0.6 is 0 Å². The first-order valence-electron chi connectivity index (χ1n) is 5.51. The SMILES string of the molecule is O=CC=C(C(=O)O)c1ccc2c(c1)OCCCO2. The number of allylic oxidation sites excluding steroid dienone is 1. The molecule has 1 heterocycles. The molecule has 0 amide bonds. The van der Waals surface area contributed by atoms with Gasteiger partial charge in [0.05, 0.1) is 18.8 Å². The van der Waals surface area contributed by atoms with Gasteiger partial charge in [-0.3, -0.25) is 4.79 Å². The Labute approximate surface area is 104 Å². The first kappa shape index (κ1) is 12.2. The fourth-order valence-corrected chi connectivity index (χ4v) is 1.69. The molecule has 5 nitrogen and oxygen atoms in total. The first-order valence-corrected chi connectivity index (χ1v) is 5.51. The molecule has 2 rings (SSSR count). The number of carboxylic acid groups (broad SMARTS) is 1. The Morgan fingerprint density at radius 3 is 2.61 bits per heavy atom. The van der Waals surface area contributed by atoms with E-state index >= 15 is 0 Å². The molecule has 1 aromatic rings. The second kappa shape index (κ2) is 5.35. The van der Waals surface area contributed by atoms with Gasteiger partial charge in [-0.05, 0) is 23.8 Å². The number of carbonyl (C=O) groups is 2. The maximum Gasteiger partial charge on any atom is 0.336 e. The summed E-state index contributed by atoms with van der Waals surface area (Å²) in [5, 5.41) is 9.02. The van der Waals surface area contributed by atoms with Gasteiger partial charge in [-0.25, -0.2) is 4.79 Å². The lowest BCUT2D eigenvalue weighted by atomic mass is 10.1. The molecular weight excluding hydrogens is 236 g/mol. The molecule has 5 heteroatoms. The molecule has 0 unspecified atom stereocenters. The molecule has 0 aromatic heterocycles. The molecule has 94 valence electrons. The van der Waals surface area contributed by atoms with Gasteiger partial charge in [-0.1, -0.05) is 6.07 Å². The number of rotatable bonds is 3. The lowest BCUT2D eigenvalue weighted by Crippen LogP contribution is -2.01. The largest absolute Gasteiger partial charge is 0.490 e. The Hall–Kier alpha value is -2.30. The van der Waals surface area contributed by atoms with Crippen molar-refractivity contribution in [2.24, 2.45) is 0 Å². The monoisotopic (exact) mass is 248 g/mol. The Balaban J connectivity index is 2.40. The Morgan fingerprint density at radius 2 is 1.94 bits per heavy atom. The molecule has 1 aliphatic heterocycles. The highest BCUT2D eigenvalue weighted by Gasteiger charge is 2.15.